The molecule has 108 valence electrons. The molecule has 0 bridgehead atoms. The third kappa shape index (κ3) is 3.70. The normalized spacial score (nSPS) is 11.7. The number of halogens is 1. The van der Waals surface area contributed by atoms with Crippen LogP contribution in [-0.2, 0) is 9.53 Å². The fraction of sp³-hybridized carbons (Fsp3) is 0.125. The van der Waals surface area contributed by atoms with Gasteiger partial charge in [0.15, 0.2) is 0 Å². The molecule has 0 aliphatic heterocycles. The van der Waals surface area contributed by atoms with E-state index < -0.39 is 5.97 Å². The summed E-state index contributed by atoms with van der Waals surface area (Å²) in [5, 5.41) is 12.5. The van der Waals surface area contributed by atoms with Crippen molar-refractivity contribution in [2.75, 3.05) is 6.61 Å². The van der Waals surface area contributed by atoms with Gasteiger partial charge in [-0.2, -0.15) is 4.74 Å². The summed E-state index contributed by atoms with van der Waals surface area (Å²) >= 11 is 3.33. The van der Waals surface area contributed by atoms with Crippen molar-refractivity contribution in [3.63, 3.8) is 0 Å². The minimum Gasteiger partial charge on any atom is -0.618 e. The van der Waals surface area contributed by atoms with Gasteiger partial charge >= 0.3 is 11.7 Å². The van der Waals surface area contributed by atoms with E-state index in [0.29, 0.717) is 16.0 Å². The zero-order chi connectivity index (χ0) is 15.2. The lowest BCUT2D eigenvalue weighted by molar-refractivity contribution is -0.360. The summed E-state index contributed by atoms with van der Waals surface area (Å²) in [7, 11) is 0. The first kappa shape index (κ1) is 15.3. The van der Waals surface area contributed by atoms with E-state index in [0.717, 1.165) is 4.47 Å². The Labute approximate surface area is 131 Å². The van der Waals surface area contributed by atoms with E-state index in [9.17, 15) is 10.0 Å². The maximum Gasteiger partial charge on any atom is 0.405 e. The highest BCUT2D eigenvalue weighted by Crippen LogP contribution is 2.16. The smallest absolute Gasteiger partial charge is 0.405 e. The number of para-hydroxylation sites is 1. The summed E-state index contributed by atoms with van der Waals surface area (Å²) in [6.45, 7) is 1.91. The van der Waals surface area contributed by atoms with Gasteiger partial charge in [0.25, 0.3) is 0 Å². The fourth-order valence-corrected chi connectivity index (χ4v) is 2.08. The number of hydrogen-bond acceptors (Lipinski definition) is 3. The highest BCUT2D eigenvalue weighted by atomic mass is 79.9. The lowest BCUT2D eigenvalue weighted by Gasteiger charge is -2.10. The second kappa shape index (κ2) is 7.04. The summed E-state index contributed by atoms with van der Waals surface area (Å²) in [6.07, 6.45) is 0. The van der Waals surface area contributed by atoms with Crippen LogP contribution in [0.1, 0.15) is 12.5 Å². The molecule has 2 aromatic rings. The maximum absolute atomic E-state index is 12.5. The van der Waals surface area contributed by atoms with Gasteiger partial charge in [0.1, 0.15) is 0 Å². The predicted octanol–water partition coefficient (Wildman–Crippen LogP) is 3.64. The summed E-state index contributed by atoms with van der Waals surface area (Å²) in [5.41, 5.74) is 0.856. The quantitative estimate of drug-likeness (QED) is 0.279. The first-order valence-electron chi connectivity index (χ1n) is 6.45. The monoisotopic (exact) mass is 347 g/mol. The van der Waals surface area contributed by atoms with Crippen molar-refractivity contribution in [1.82, 2.24) is 0 Å². The molecule has 2 aromatic carbocycles. The highest BCUT2D eigenvalue weighted by molar-refractivity contribution is 9.10. The van der Waals surface area contributed by atoms with Gasteiger partial charge in [-0.05, 0) is 31.2 Å². The number of ether oxygens (including phenoxy) is 1. The van der Waals surface area contributed by atoms with Crippen molar-refractivity contribution in [2.24, 2.45) is 0 Å². The minimum absolute atomic E-state index is 0.0319. The van der Waals surface area contributed by atoms with Gasteiger partial charge in [-0.1, -0.05) is 34.1 Å². The molecule has 0 amide bonds. The second-order valence-corrected chi connectivity index (χ2v) is 5.12. The third-order valence-electron chi connectivity index (χ3n) is 2.78. The lowest BCUT2D eigenvalue weighted by atomic mass is 10.1. The van der Waals surface area contributed by atoms with Crippen molar-refractivity contribution in [1.29, 1.82) is 0 Å². The number of benzene rings is 2. The SMILES string of the molecule is CCOC(=O)/C(c1ccc(Br)cc1)=[N+](/[O-])c1ccccc1. The molecule has 2 rings (SSSR count). The summed E-state index contributed by atoms with van der Waals surface area (Å²) in [5.74, 6) is -0.640. The fourth-order valence-electron chi connectivity index (χ4n) is 1.82. The molecule has 21 heavy (non-hydrogen) atoms. The molecular formula is C16H14BrNO3. The molecule has 0 aromatic heterocycles. The Balaban J connectivity index is 2.55. The standard InChI is InChI=1S/C16H14BrNO3/c1-2-21-16(19)15(12-8-10-13(17)11-9-12)18(20)14-6-4-3-5-7-14/h3-11H,2H2,1H3/b18-15+. The van der Waals surface area contributed by atoms with Gasteiger partial charge in [-0.15, -0.1) is 0 Å². The van der Waals surface area contributed by atoms with Crippen molar-refractivity contribution in [2.45, 2.75) is 6.92 Å². The number of carbonyl (C=O) groups excluding carboxylic acids is 1. The molecular weight excluding hydrogens is 334 g/mol. The second-order valence-electron chi connectivity index (χ2n) is 4.21. The average molecular weight is 348 g/mol. The topological polar surface area (TPSA) is 52.4 Å². The molecule has 0 heterocycles. The molecule has 0 N–H and O–H groups in total. The Morgan fingerprint density at radius 2 is 1.76 bits per heavy atom. The molecule has 4 nitrogen and oxygen atoms in total. The van der Waals surface area contributed by atoms with Crippen LogP contribution >= 0.6 is 15.9 Å². The lowest BCUT2D eigenvalue weighted by Crippen LogP contribution is -2.26. The van der Waals surface area contributed by atoms with Crippen LogP contribution in [0.4, 0.5) is 5.69 Å². The van der Waals surface area contributed by atoms with E-state index >= 15 is 0 Å². The number of rotatable bonds is 4. The summed E-state index contributed by atoms with van der Waals surface area (Å²) < 4.78 is 6.47. The van der Waals surface area contributed by atoms with Crippen LogP contribution in [0.2, 0.25) is 0 Å². The molecule has 0 atom stereocenters. The Hall–Kier alpha value is -2.14. The molecule has 0 unspecified atom stereocenters. The maximum atomic E-state index is 12.5. The van der Waals surface area contributed by atoms with E-state index in [4.69, 9.17) is 4.74 Å². The molecule has 0 spiro atoms. The highest BCUT2D eigenvalue weighted by Gasteiger charge is 2.25. The summed E-state index contributed by atoms with van der Waals surface area (Å²) in [4.78, 5) is 12.1. The molecule has 0 aliphatic carbocycles. The van der Waals surface area contributed by atoms with Crippen molar-refractivity contribution < 1.29 is 14.3 Å². The Bertz CT molecular complexity index is 651. The van der Waals surface area contributed by atoms with Crippen molar-refractivity contribution in [3.8, 4) is 0 Å². The van der Waals surface area contributed by atoms with Crippen LogP contribution in [-0.4, -0.2) is 23.0 Å². The Morgan fingerprint density at radius 1 is 1.14 bits per heavy atom. The van der Waals surface area contributed by atoms with Crippen LogP contribution in [0.5, 0.6) is 0 Å². The van der Waals surface area contributed by atoms with E-state index in [-0.39, 0.29) is 12.3 Å². The zero-order valence-electron chi connectivity index (χ0n) is 11.5. The number of carbonyl (C=O) groups is 1. The van der Waals surface area contributed by atoms with E-state index in [1.165, 1.54) is 0 Å². The molecule has 0 saturated carbocycles. The van der Waals surface area contributed by atoms with Gasteiger partial charge in [0.05, 0.1) is 12.2 Å². The van der Waals surface area contributed by atoms with Crippen LogP contribution in [0.15, 0.2) is 59.1 Å². The Kier molecular flexibility index (Phi) is 5.11. The van der Waals surface area contributed by atoms with E-state index in [2.05, 4.69) is 15.9 Å². The molecule has 0 aliphatic rings. The van der Waals surface area contributed by atoms with Crippen LogP contribution in [0.3, 0.4) is 0 Å². The summed E-state index contributed by atoms with van der Waals surface area (Å²) in [6, 6.07) is 15.5. The minimum atomic E-state index is -0.640. The van der Waals surface area contributed by atoms with Gasteiger partial charge in [-0.3, -0.25) is 0 Å². The van der Waals surface area contributed by atoms with Crippen molar-refractivity contribution in [3.05, 3.63) is 69.8 Å². The van der Waals surface area contributed by atoms with Gasteiger partial charge in [0.2, 0.25) is 5.69 Å². The molecule has 5 heteroatoms. The number of hydrogen-bond donors (Lipinski definition) is 0. The number of nitrogens with zero attached hydrogens (tertiary/aromatic N) is 1. The Morgan fingerprint density at radius 3 is 2.33 bits per heavy atom. The van der Waals surface area contributed by atoms with E-state index in [1.54, 1.807) is 61.5 Å². The van der Waals surface area contributed by atoms with Crippen LogP contribution in [0.25, 0.3) is 0 Å². The van der Waals surface area contributed by atoms with Gasteiger partial charge in [-0.25, -0.2) is 4.79 Å². The van der Waals surface area contributed by atoms with Crippen LogP contribution < -0.4 is 0 Å². The first-order valence-corrected chi connectivity index (χ1v) is 7.25. The largest absolute Gasteiger partial charge is 0.618 e. The predicted molar refractivity (Wildman–Crippen MR) is 84.6 cm³/mol. The average Bonchev–Trinajstić information content (AvgIpc) is 2.50. The zero-order valence-corrected chi connectivity index (χ0v) is 13.0. The third-order valence-corrected chi connectivity index (χ3v) is 3.31. The van der Waals surface area contributed by atoms with Gasteiger partial charge in [0, 0.05) is 16.6 Å². The molecule has 0 saturated heterocycles. The number of esters is 1. The molecule has 0 fully saturated rings. The van der Waals surface area contributed by atoms with Gasteiger partial charge < -0.3 is 9.94 Å². The molecule has 0 radical (unpaired) electrons. The van der Waals surface area contributed by atoms with Crippen LogP contribution in [0, 0.1) is 5.21 Å². The first-order chi connectivity index (χ1) is 10.1. The van der Waals surface area contributed by atoms with E-state index in [1.807, 2.05) is 0 Å². The van der Waals surface area contributed by atoms with Crippen molar-refractivity contribution >= 4 is 33.3 Å².